The molecule has 1 saturated carbocycles. The van der Waals surface area contributed by atoms with Gasteiger partial charge in [0.05, 0.1) is 11.2 Å². The zero-order valence-electron chi connectivity index (χ0n) is 13.0. The first-order chi connectivity index (χ1) is 8.11. The van der Waals surface area contributed by atoms with Crippen molar-refractivity contribution in [2.24, 2.45) is 11.3 Å². The number of hydrogen-bond acceptors (Lipinski definition) is 2. The van der Waals surface area contributed by atoms with E-state index in [0.29, 0.717) is 5.41 Å². The monoisotopic (exact) mass is 252 g/mol. The number of hydrogen-bond donors (Lipinski definition) is 0. The fourth-order valence-corrected chi connectivity index (χ4v) is 3.39. The van der Waals surface area contributed by atoms with Crippen molar-refractivity contribution in [1.29, 1.82) is 0 Å². The van der Waals surface area contributed by atoms with Crippen molar-refractivity contribution in [1.82, 2.24) is 0 Å². The molecule has 0 radical (unpaired) electrons. The Bertz CT molecular complexity index is 294. The molecule has 1 unspecified atom stereocenters. The molecule has 2 aliphatic rings. The zero-order chi connectivity index (χ0) is 13.6. The Labute approximate surface area is 113 Å². The second-order valence-electron chi connectivity index (χ2n) is 8.05. The summed E-state index contributed by atoms with van der Waals surface area (Å²) < 4.78 is 12.2. The summed E-state index contributed by atoms with van der Waals surface area (Å²) in [5.41, 5.74) is 0.149. The molecule has 1 saturated heterocycles. The van der Waals surface area contributed by atoms with Crippen LogP contribution >= 0.6 is 0 Å². The van der Waals surface area contributed by atoms with Crippen molar-refractivity contribution >= 4 is 7.12 Å². The Morgan fingerprint density at radius 2 is 1.56 bits per heavy atom. The molecule has 1 heterocycles. The lowest BCUT2D eigenvalue weighted by molar-refractivity contribution is 0.00578. The molecular formula is C15H29BO2. The SMILES string of the molecule is CC1(C)CCCC(CB2OC(C)(C)C(C)(C)O2)C1. The Hall–Kier alpha value is -0.0151. The molecule has 3 heteroatoms. The third-order valence-electron chi connectivity index (χ3n) is 5.14. The highest BCUT2D eigenvalue weighted by molar-refractivity contribution is 6.45. The first-order valence-corrected chi connectivity index (χ1v) is 7.47. The minimum absolute atomic E-state index is 0.00565. The highest BCUT2D eigenvalue weighted by Crippen LogP contribution is 2.44. The van der Waals surface area contributed by atoms with Crippen LogP contribution in [-0.4, -0.2) is 18.3 Å². The molecule has 104 valence electrons. The molecule has 0 aromatic rings. The predicted octanol–water partition coefficient (Wildman–Crippen LogP) is 4.30. The lowest BCUT2D eigenvalue weighted by Crippen LogP contribution is -2.41. The van der Waals surface area contributed by atoms with E-state index in [2.05, 4.69) is 41.5 Å². The molecule has 2 fully saturated rings. The Morgan fingerprint density at radius 1 is 1.00 bits per heavy atom. The van der Waals surface area contributed by atoms with Crippen LogP contribution in [0, 0.1) is 11.3 Å². The molecule has 1 aliphatic carbocycles. The van der Waals surface area contributed by atoms with Crippen LogP contribution in [0.4, 0.5) is 0 Å². The second-order valence-corrected chi connectivity index (χ2v) is 8.05. The van der Waals surface area contributed by atoms with Gasteiger partial charge in [0.15, 0.2) is 0 Å². The Morgan fingerprint density at radius 3 is 2.06 bits per heavy atom. The van der Waals surface area contributed by atoms with Crippen molar-refractivity contribution in [3.05, 3.63) is 0 Å². The molecule has 2 nitrogen and oxygen atoms in total. The Balaban J connectivity index is 1.92. The molecule has 0 aromatic heterocycles. The van der Waals surface area contributed by atoms with E-state index >= 15 is 0 Å². The van der Waals surface area contributed by atoms with Gasteiger partial charge in [-0.2, -0.15) is 0 Å². The maximum Gasteiger partial charge on any atom is 0.458 e. The predicted molar refractivity (Wildman–Crippen MR) is 76.6 cm³/mol. The Kier molecular flexibility index (Phi) is 3.62. The fraction of sp³-hybridized carbons (Fsp3) is 1.00. The summed E-state index contributed by atoms with van der Waals surface area (Å²) in [5.74, 6) is 0.767. The number of rotatable bonds is 2. The van der Waals surface area contributed by atoms with Gasteiger partial charge in [-0.25, -0.2) is 0 Å². The van der Waals surface area contributed by atoms with E-state index in [1.54, 1.807) is 0 Å². The molecule has 0 amide bonds. The van der Waals surface area contributed by atoms with Gasteiger partial charge in [-0.3, -0.25) is 0 Å². The lowest BCUT2D eigenvalue weighted by Gasteiger charge is -2.35. The summed E-state index contributed by atoms with van der Waals surface area (Å²) in [5, 5.41) is 0. The van der Waals surface area contributed by atoms with Gasteiger partial charge in [0.2, 0.25) is 0 Å². The molecule has 1 aliphatic heterocycles. The van der Waals surface area contributed by atoms with Crippen LogP contribution in [0.15, 0.2) is 0 Å². The average molecular weight is 252 g/mol. The topological polar surface area (TPSA) is 18.5 Å². The summed E-state index contributed by atoms with van der Waals surface area (Å²) in [4.78, 5) is 0. The minimum atomic E-state index is -0.179. The molecule has 0 aromatic carbocycles. The van der Waals surface area contributed by atoms with Crippen LogP contribution in [0.2, 0.25) is 6.32 Å². The third-order valence-corrected chi connectivity index (χ3v) is 5.14. The zero-order valence-corrected chi connectivity index (χ0v) is 13.0. The van der Waals surface area contributed by atoms with Crippen LogP contribution in [-0.2, 0) is 9.31 Å². The summed E-state index contributed by atoms with van der Waals surface area (Å²) >= 11 is 0. The van der Waals surface area contributed by atoms with Crippen molar-refractivity contribution in [3.8, 4) is 0 Å². The maximum atomic E-state index is 6.11. The van der Waals surface area contributed by atoms with E-state index in [1.165, 1.54) is 25.7 Å². The molecule has 2 rings (SSSR count). The second kappa shape index (κ2) is 4.52. The standard InChI is InChI=1S/C15H29BO2/c1-13(2)9-7-8-12(10-13)11-16-17-14(3,4)15(5,6)18-16/h12H,7-11H2,1-6H3. The van der Waals surface area contributed by atoms with Gasteiger partial charge in [0, 0.05) is 0 Å². The van der Waals surface area contributed by atoms with Crippen molar-refractivity contribution in [3.63, 3.8) is 0 Å². The van der Waals surface area contributed by atoms with Gasteiger partial charge in [0.25, 0.3) is 0 Å². The average Bonchev–Trinajstić information content (AvgIpc) is 2.32. The van der Waals surface area contributed by atoms with E-state index < -0.39 is 0 Å². The molecular weight excluding hydrogens is 223 g/mol. The smallest absolute Gasteiger partial charge is 0.403 e. The maximum absolute atomic E-state index is 6.11. The van der Waals surface area contributed by atoms with Crippen LogP contribution < -0.4 is 0 Å². The normalized spacial score (nSPS) is 33.7. The third kappa shape index (κ3) is 2.93. The first kappa shape index (κ1) is 14.4. The summed E-state index contributed by atoms with van der Waals surface area (Å²) in [6.07, 6.45) is 6.45. The minimum Gasteiger partial charge on any atom is -0.403 e. The quantitative estimate of drug-likeness (QED) is 0.682. The van der Waals surface area contributed by atoms with Crippen LogP contribution in [0.25, 0.3) is 0 Å². The van der Waals surface area contributed by atoms with Gasteiger partial charge < -0.3 is 9.31 Å². The van der Waals surface area contributed by atoms with Crippen LogP contribution in [0.5, 0.6) is 0 Å². The van der Waals surface area contributed by atoms with Gasteiger partial charge >= 0.3 is 7.12 Å². The van der Waals surface area contributed by atoms with Crippen molar-refractivity contribution < 1.29 is 9.31 Å². The van der Waals surface area contributed by atoms with E-state index in [9.17, 15) is 0 Å². The van der Waals surface area contributed by atoms with Crippen LogP contribution in [0.1, 0.15) is 67.2 Å². The first-order valence-electron chi connectivity index (χ1n) is 7.47. The summed E-state index contributed by atoms with van der Waals surface area (Å²) in [6.45, 7) is 13.3. The highest BCUT2D eigenvalue weighted by atomic mass is 16.7. The summed E-state index contributed by atoms with van der Waals surface area (Å²) in [7, 11) is -0.00565. The molecule has 1 atom stereocenters. The van der Waals surface area contributed by atoms with Crippen molar-refractivity contribution in [2.45, 2.75) is 84.7 Å². The molecule has 0 bridgehead atoms. The fourth-order valence-electron chi connectivity index (χ4n) is 3.39. The van der Waals surface area contributed by atoms with Crippen molar-refractivity contribution in [2.75, 3.05) is 0 Å². The van der Waals surface area contributed by atoms with E-state index in [1.807, 2.05) is 0 Å². The van der Waals surface area contributed by atoms with Gasteiger partial charge in [-0.05, 0) is 58.2 Å². The summed E-state index contributed by atoms with van der Waals surface area (Å²) in [6, 6.07) is 0. The molecule has 0 spiro atoms. The largest absolute Gasteiger partial charge is 0.458 e. The van der Waals surface area contributed by atoms with Crippen LogP contribution in [0.3, 0.4) is 0 Å². The van der Waals surface area contributed by atoms with Gasteiger partial charge in [-0.15, -0.1) is 0 Å². The molecule has 0 N–H and O–H groups in total. The molecule has 18 heavy (non-hydrogen) atoms. The van der Waals surface area contributed by atoms with E-state index in [-0.39, 0.29) is 18.3 Å². The van der Waals surface area contributed by atoms with E-state index in [0.717, 1.165) is 12.2 Å². The van der Waals surface area contributed by atoms with Gasteiger partial charge in [-0.1, -0.05) is 26.7 Å². The van der Waals surface area contributed by atoms with Gasteiger partial charge in [0.1, 0.15) is 0 Å². The van der Waals surface area contributed by atoms with E-state index in [4.69, 9.17) is 9.31 Å². The lowest BCUT2D eigenvalue weighted by atomic mass is 9.65. The highest BCUT2D eigenvalue weighted by Gasteiger charge is 2.51.